The number of nitrogens with two attached hydrogens (primary N) is 1. The van der Waals surface area contributed by atoms with Gasteiger partial charge in [-0.15, -0.1) is 0 Å². The molecule has 0 fully saturated rings. The maximum Gasteiger partial charge on any atom is 0.171 e. The van der Waals surface area contributed by atoms with Gasteiger partial charge in [-0.25, -0.2) is 0 Å². The summed E-state index contributed by atoms with van der Waals surface area (Å²) < 4.78 is 3.71. The summed E-state index contributed by atoms with van der Waals surface area (Å²) in [6, 6.07) is 10.2. The molecule has 0 bridgehead atoms. The van der Waals surface area contributed by atoms with E-state index in [4.69, 9.17) is 5.73 Å². The molecule has 3 aromatic rings. The van der Waals surface area contributed by atoms with Crippen LogP contribution in [0.3, 0.4) is 0 Å². The van der Waals surface area contributed by atoms with Crippen LogP contribution < -0.4 is 5.73 Å². The first-order valence-corrected chi connectivity index (χ1v) is 5.86. The second-order valence-electron chi connectivity index (χ2n) is 4.43. The predicted molar refractivity (Wildman–Crippen MR) is 71.2 cm³/mol. The molecule has 5 heteroatoms. The lowest BCUT2D eigenvalue weighted by Crippen LogP contribution is -2.03. The highest BCUT2D eigenvalue weighted by Crippen LogP contribution is 2.23. The molecular weight excluding hydrogens is 226 g/mol. The van der Waals surface area contributed by atoms with Crippen LogP contribution in [0.15, 0.2) is 30.3 Å². The predicted octanol–water partition coefficient (Wildman–Crippen LogP) is 1.71. The van der Waals surface area contributed by atoms with Crippen molar-refractivity contribution in [3.8, 4) is 0 Å². The van der Waals surface area contributed by atoms with Crippen molar-refractivity contribution < 1.29 is 0 Å². The number of fused-ring (bicyclic) bond motifs is 1. The number of rotatable bonds is 2. The Bertz CT molecular complexity index is 693. The Morgan fingerprint density at radius 3 is 2.56 bits per heavy atom. The lowest BCUT2D eigenvalue weighted by Gasteiger charge is -2.02. The van der Waals surface area contributed by atoms with E-state index >= 15 is 0 Å². The summed E-state index contributed by atoms with van der Waals surface area (Å²) >= 11 is 0. The second-order valence-corrected chi connectivity index (χ2v) is 4.43. The largest absolute Gasteiger partial charge is 0.380 e. The lowest BCUT2D eigenvalue weighted by molar-refractivity contribution is 0.709. The van der Waals surface area contributed by atoms with Crippen molar-refractivity contribution in [1.82, 2.24) is 19.6 Å². The molecule has 0 amide bonds. The minimum atomic E-state index is 0.532. The first kappa shape index (κ1) is 10.8. The van der Waals surface area contributed by atoms with E-state index in [-0.39, 0.29) is 0 Å². The Morgan fingerprint density at radius 2 is 1.83 bits per heavy atom. The SMILES string of the molecule is Cc1nn(C)c2c(N)nn(Cc3ccccc3)c12. The molecule has 0 aliphatic heterocycles. The Morgan fingerprint density at radius 1 is 1.11 bits per heavy atom. The van der Waals surface area contributed by atoms with Gasteiger partial charge >= 0.3 is 0 Å². The van der Waals surface area contributed by atoms with E-state index in [1.807, 2.05) is 36.9 Å². The van der Waals surface area contributed by atoms with Crippen LogP contribution >= 0.6 is 0 Å². The molecule has 2 aromatic heterocycles. The van der Waals surface area contributed by atoms with Crippen LogP contribution in [-0.2, 0) is 13.6 Å². The molecular formula is C13H15N5. The Kier molecular flexibility index (Phi) is 2.33. The van der Waals surface area contributed by atoms with Crippen LogP contribution in [0.5, 0.6) is 0 Å². The highest BCUT2D eigenvalue weighted by atomic mass is 15.4. The molecule has 0 spiro atoms. The van der Waals surface area contributed by atoms with Crippen molar-refractivity contribution in [1.29, 1.82) is 0 Å². The zero-order valence-electron chi connectivity index (χ0n) is 10.5. The average molecular weight is 241 g/mol. The van der Waals surface area contributed by atoms with Crippen molar-refractivity contribution in [2.45, 2.75) is 13.5 Å². The molecule has 2 N–H and O–H groups in total. The van der Waals surface area contributed by atoms with Gasteiger partial charge < -0.3 is 5.73 Å². The first-order valence-electron chi connectivity index (χ1n) is 5.86. The highest BCUT2D eigenvalue weighted by Gasteiger charge is 2.15. The first-order chi connectivity index (χ1) is 8.66. The normalized spacial score (nSPS) is 11.2. The van der Waals surface area contributed by atoms with Crippen molar-refractivity contribution in [2.24, 2.45) is 7.05 Å². The van der Waals surface area contributed by atoms with Crippen LogP contribution in [0.2, 0.25) is 0 Å². The number of benzene rings is 1. The van der Waals surface area contributed by atoms with E-state index in [9.17, 15) is 0 Å². The Labute approximate surface area is 105 Å². The molecule has 0 aliphatic carbocycles. The molecule has 3 rings (SSSR count). The van der Waals surface area contributed by atoms with Gasteiger partial charge in [-0.2, -0.15) is 10.2 Å². The molecule has 2 heterocycles. The average Bonchev–Trinajstić information content (AvgIpc) is 2.82. The third kappa shape index (κ3) is 1.55. The number of nitrogens with zero attached hydrogens (tertiary/aromatic N) is 4. The van der Waals surface area contributed by atoms with Crippen molar-refractivity contribution >= 4 is 16.9 Å². The zero-order valence-corrected chi connectivity index (χ0v) is 10.5. The van der Waals surface area contributed by atoms with Crippen LogP contribution in [0, 0.1) is 6.92 Å². The summed E-state index contributed by atoms with van der Waals surface area (Å²) in [5.41, 5.74) is 10.0. The third-order valence-electron chi connectivity index (χ3n) is 3.09. The van der Waals surface area contributed by atoms with Crippen LogP contribution in [0.25, 0.3) is 11.0 Å². The molecule has 0 saturated carbocycles. The number of aromatic nitrogens is 4. The minimum absolute atomic E-state index is 0.532. The van der Waals surface area contributed by atoms with Crippen molar-refractivity contribution in [3.05, 3.63) is 41.6 Å². The summed E-state index contributed by atoms with van der Waals surface area (Å²) in [5.74, 6) is 0.532. The van der Waals surface area contributed by atoms with E-state index in [1.54, 1.807) is 4.68 Å². The lowest BCUT2D eigenvalue weighted by atomic mass is 10.2. The molecule has 92 valence electrons. The molecule has 0 unspecified atom stereocenters. The fourth-order valence-electron chi connectivity index (χ4n) is 2.34. The molecule has 5 nitrogen and oxygen atoms in total. The number of hydrogen-bond acceptors (Lipinski definition) is 3. The number of nitrogen functional groups attached to an aromatic ring is 1. The molecule has 0 atom stereocenters. The maximum absolute atomic E-state index is 5.95. The van der Waals surface area contributed by atoms with Crippen LogP contribution in [0.1, 0.15) is 11.3 Å². The molecule has 0 radical (unpaired) electrons. The van der Waals surface area contributed by atoms with Crippen LogP contribution in [-0.4, -0.2) is 19.6 Å². The number of anilines is 1. The zero-order chi connectivity index (χ0) is 12.7. The number of aryl methyl sites for hydroxylation is 2. The van der Waals surface area contributed by atoms with Gasteiger partial charge in [0.15, 0.2) is 5.82 Å². The fourth-order valence-corrected chi connectivity index (χ4v) is 2.34. The van der Waals surface area contributed by atoms with Gasteiger partial charge in [0, 0.05) is 7.05 Å². The molecule has 0 aliphatic rings. The van der Waals surface area contributed by atoms with E-state index < -0.39 is 0 Å². The quantitative estimate of drug-likeness (QED) is 0.743. The smallest absolute Gasteiger partial charge is 0.171 e. The summed E-state index contributed by atoms with van der Waals surface area (Å²) in [4.78, 5) is 0. The highest BCUT2D eigenvalue weighted by molar-refractivity contribution is 5.87. The van der Waals surface area contributed by atoms with Gasteiger partial charge in [0.1, 0.15) is 11.0 Å². The van der Waals surface area contributed by atoms with E-state index in [1.165, 1.54) is 5.56 Å². The monoisotopic (exact) mass is 241 g/mol. The van der Waals surface area contributed by atoms with Gasteiger partial charge in [0.05, 0.1) is 12.2 Å². The van der Waals surface area contributed by atoms with Gasteiger partial charge in [-0.05, 0) is 12.5 Å². The van der Waals surface area contributed by atoms with Gasteiger partial charge in [-0.3, -0.25) is 9.36 Å². The van der Waals surface area contributed by atoms with Gasteiger partial charge in [0.25, 0.3) is 0 Å². The van der Waals surface area contributed by atoms with E-state index in [2.05, 4.69) is 22.3 Å². The Balaban J connectivity index is 2.13. The van der Waals surface area contributed by atoms with Gasteiger partial charge in [0.2, 0.25) is 0 Å². The summed E-state index contributed by atoms with van der Waals surface area (Å²) in [5, 5.41) is 8.79. The second kappa shape index (κ2) is 3.87. The summed E-state index contributed by atoms with van der Waals surface area (Å²) in [6.07, 6.45) is 0. The minimum Gasteiger partial charge on any atom is -0.380 e. The third-order valence-corrected chi connectivity index (χ3v) is 3.09. The summed E-state index contributed by atoms with van der Waals surface area (Å²) in [6.45, 7) is 2.69. The van der Waals surface area contributed by atoms with E-state index in [0.717, 1.165) is 16.7 Å². The molecule has 1 aromatic carbocycles. The standard InChI is InChI=1S/C13H15N5/c1-9-11-12(17(2)15-9)13(14)16-18(11)8-10-6-4-3-5-7-10/h3-7H,8H2,1-2H3,(H2,14,16). The van der Waals surface area contributed by atoms with Gasteiger partial charge in [-0.1, -0.05) is 30.3 Å². The van der Waals surface area contributed by atoms with Crippen LogP contribution in [0.4, 0.5) is 5.82 Å². The van der Waals surface area contributed by atoms with Crippen molar-refractivity contribution in [2.75, 3.05) is 5.73 Å². The molecule has 18 heavy (non-hydrogen) atoms. The number of hydrogen-bond donors (Lipinski definition) is 1. The topological polar surface area (TPSA) is 61.7 Å². The molecule has 0 saturated heterocycles. The van der Waals surface area contributed by atoms with E-state index in [0.29, 0.717) is 12.4 Å². The summed E-state index contributed by atoms with van der Waals surface area (Å²) in [7, 11) is 1.89. The fraction of sp³-hybridized carbons (Fsp3) is 0.231. The van der Waals surface area contributed by atoms with Crippen molar-refractivity contribution in [3.63, 3.8) is 0 Å². The maximum atomic E-state index is 5.95. The Hall–Kier alpha value is -2.30.